The molecule has 2 nitrogen and oxygen atoms in total. The van der Waals surface area contributed by atoms with E-state index in [4.69, 9.17) is 4.42 Å². The largest absolute Gasteiger partial charge is 0.463 e. The third-order valence-corrected chi connectivity index (χ3v) is 4.14. The van der Waals surface area contributed by atoms with Crippen molar-refractivity contribution in [3.05, 3.63) is 59.0 Å². The number of hydrogen-bond acceptors (Lipinski definition) is 2. The molecule has 1 aromatic carbocycles. The average molecular weight is 256 g/mol. The lowest BCUT2D eigenvalue weighted by Crippen LogP contribution is -2.13. The number of hydrogen-bond donors (Lipinski definition) is 1. The third kappa shape index (κ3) is 2.33. The molecule has 1 heterocycles. The first-order chi connectivity index (χ1) is 9.29. The molecule has 0 aliphatic heterocycles. The summed E-state index contributed by atoms with van der Waals surface area (Å²) in [6.45, 7) is 2.05. The minimum absolute atomic E-state index is 0.617. The lowest BCUT2D eigenvalue weighted by atomic mass is 9.77. The summed E-state index contributed by atoms with van der Waals surface area (Å²) < 4.78 is 5.69. The summed E-state index contributed by atoms with van der Waals surface area (Å²) in [6, 6.07) is 12.1. The van der Waals surface area contributed by atoms with Crippen molar-refractivity contribution in [3.8, 4) is 0 Å². The van der Waals surface area contributed by atoms with Crippen LogP contribution >= 0.6 is 0 Å². The van der Waals surface area contributed by atoms with Crippen molar-refractivity contribution in [2.75, 3.05) is 0 Å². The van der Waals surface area contributed by atoms with E-state index in [0.29, 0.717) is 11.7 Å². The van der Waals surface area contributed by atoms with Crippen LogP contribution in [0.1, 0.15) is 60.9 Å². The second-order valence-corrected chi connectivity index (χ2v) is 5.32. The monoisotopic (exact) mass is 256 g/mol. The van der Waals surface area contributed by atoms with E-state index in [1.807, 2.05) is 24.3 Å². The predicted molar refractivity (Wildman–Crippen MR) is 75.2 cm³/mol. The minimum atomic E-state index is -0.642. The maximum atomic E-state index is 10.6. The van der Waals surface area contributed by atoms with Gasteiger partial charge in [-0.2, -0.15) is 0 Å². The molecule has 1 fully saturated rings. The fourth-order valence-corrected chi connectivity index (χ4v) is 2.74. The summed E-state index contributed by atoms with van der Waals surface area (Å²) >= 11 is 0. The van der Waals surface area contributed by atoms with Gasteiger partial charge in [-0.05, 0) is 42.0 Å². The zero-order valence-corrected chi connectivity index (χ0v) is 11.3. The van der Waals surface area contributed by atoms with Crippen molar-refractivity contribution < 1.29 is 9.52 Å². The van der Waals surface area contributed by atoms with Crippen LogP contribution in [0.2, 0.25) is 0 Å². The van der Waals surface area contributed by atoms with Gasteiger partial charge in [0.15, 0.2) is 0 Å². The van der Waals surface area contributed by atoms with Crippen LogP contribution in [0.3, 0.4) is 0 Å². The van der Waals surface area contributed by atoms with Gasteiger partial charge in [0, 0.05) is 6.42 Å². The Morgan fingerprint density at radius 2 is 2.00 bits per heavy atom. The van der Waals surface area contributed by atoms with E-state index in [1.165, 1.54) is 24.8 Å². The highest BCUT2D eigenvalue weighted by Crippen LogP contribution is 2.40. The molecule has 19 heavy (non-hydrogen) atoms. The van der Waals surface area contributed by atoms with Gasteiger partial charge in [0.2, 0.25) is 0 Å². The minimum Gasteiger partial charge on any atom is -0.463 e. The molecular weight excluding hydrogens is 236 g/mol. The first-order valence-corrected chi connectivity index (χ1v) is 7.15. The van der Waals surface area contributed by atoms with E-state index >= 15 is 0 Å². The molecule has 1 aromatic heterocycles. The second kappa shape index (κ2) is 5.22. The van der Waals surface area contributed by atoms with Gasteiger partial charge in [-0.1, -0.05) is 37.6 Å². The van der Waals surface area contributed by atoms with Gasteiger partial charge in [-0.15, -0.1) is 0 Å². The molecule has 0 radical (unpaired) electrons. The third-order valence-electron chi connectivity index (χ3n) is 4.14. The van der Waals surface area contributed by atoms with E-state index < -0.39 is 6.10 Å². The normalized spacial score (nSPS) is 17.2. The molecule has 0 amide bonds. The highest BCUT2D eigenvalue weighted by atomic mass is 16.4. The first kappa shape index (κ1) is 12.5. The molecule has 0 saturated heterocycles. The van der Waals surface area contributed by atoms with Gasteiger partial charge in [-0.25, -0.2) is 0 Å². The van der Waals surface area contributed by atoms with Crippen LogP contribution in [-0.2, 0) is 6.42 Å². The van der Waals surface area contributed by atoms with Crippen molar-refractivity contribution in [2.45, 2.75) is 44.6 Å². The average Bonchev–Trinajstić information content (AvgIpc) is 2.85. The molecular formula is C17H20O2. The molecule has 1 saturated carbocycles. The molecule has 0 bridgehead atoms. The van der Waals surface area contributed by atoms with Gasteiger partial charge in [-0.3, -0.25) is 0 Å². The fraction of sp³-hybridized carbons (Fsp3) is 0.412. The Morgan fingerprint density at radius 3 is 2.63 bits per heavy atom. The Bertz CT molecular complexity index is 552. The van der Waals surface area contributed by atoms with Crippen LogP contribution in [-0.4, -0.2) is 5.11 Å². The van der Waals surface area contributed by atoms with Gasteiger partial charge < -0.3 is 9.52 Å². The maximum absolute atomic E-state index is 10.6. The molecule has 1 unspecified atom stereocenters. The molecule has 1 aliphatic carbocycles. The number of benzene rings is 1. The zero-order valence-electron chi connectivity index (χ0n) is 11.3. The lowest BCUT2D eigenvalue weighted by Gasteiger charge is -2.28. The van der Waals surface area contributed by atoms with Crippen LogP contribution in [0.5, 0.6) is 0 Å². The van der Waals surface area contributed by atoms with Gasteiger partial charge >= 0.3 is 0 Å². The Kier molecular flexibility index (Phi) is 3.43. The first-order valence-electron chi connectivity index (χ1n) is 7.15. The van der Waals surface area contributed by atoms with Crippen LogP contribution in [0.25, 0.3) is 0 Å². The predicted octanol–water partition coefficient (Wildman–Crippen LogP) is 4.19. The Labute approximate surface area is 114 Å². The van der Waals surface area contributed by atoms with E-state index in [2.05, 4.69) is 19.1 Å². The molecule has 1 aliphatic rings. The molecule has 2 heteroatoms. The van der Waals surface area contributed by atoms with Crippen LogP contribution < -0.4 is 0 Å². The van der Waals surface area contributed by atoms with Crippen LogP contribution in [0, 0.1) is 0 Å². The highest BCUT2D eigenvalue weighted by molar-refractivity contribution is 5.36. The highest BCUT2D eigenvalue weighted by Gasteiger charge is 2.25. The number of rotatable bonds is 4. The van der Waals surface area contributed by atoms with Crippen molar-refractivity contribution in [1.29, 1.82) is 0 Å². The molecule has 1 N–H and O–H groups in total. The second-order valence-electron chi connectivity index (χ2n) is 5.32. The standard InChI is InChI=1S/C17H20O2/c1-2-13-10-11-16(19-13)17(18)15-9-4-3-8-14(15)12-6-5-7-12/h3-4,8-12,17-18H,2,5-7H2,1H3. The number of aryl methyl sites for hydroxylation is 1. The summed E-state index contributed by atoms with van der Waals surface area (Å²) in [7, 11) is 0. The van der Waals surface area contributed by atoms with Crippen molar-refractivity contribution >= 4 is 0 Å². The van der Waals surface area contributed by atoms with Crippen LogP contribution in [0.15, 0.2) is 40.8 Å². The van der Waals surface area contributed by atoms with E-state index in [1.54, 1.807) is 0 Å². The van der Waals surface area contributed by atoms with Crippen molar-refractivity contribution in [1.82, 2.24) is 0 Å². The zero-order chi connectivity index (χ0) is 13.2. The fourth-order valence-electron chi connectivity index (χ4n) is 2.74. The van der Waals surface area contributed by atoms with Crippen molar-refractivity contribution in [3.63, 3.8) is 0 Å². The summed E-state index contributed by atoms with van der Waals surface area (Å²) in [5, 5.41) is 10.6. The summed E-state index contributed by atoms with van der Waals surface area (Å²) in [6.07, 6.45) is 3.99. The van der Waals surface area contributed by atoms with Crippen LogP contribution in [0.4, 0.5) is 0 Å². The van der Waals surface area contributed by atoms with Crippen molar-refractivity contribution in [2.24, 2.45) is 0 Å². The SMILES string of the molecule is CCc1ccc(C(O)c2ccccc2C2CCC2)o1. The number of furan rings is 1. The van der Waals surface area contributed by atoms with Gasteiger partial charge in [0.25, 0.3) is 0 Å². The Hall–Kier alpha value is -1.54. The molecule has 1 atom stereocenters. The molecule has 100 valence electrons. The summed E-state index contributed by atoms with van der Waals surface area (Å²) in [5.74, 6) is 2.20. The topological polar surface area (TPSA) is 33.4 Å². The number of aliphatic hydroxyl groups excluding tert-OH is 1. The lowest BCUT2D eigenvalue weighted by molar-refractivity contribution is 0.184. The van der Waals surface area contributed by atoms with E-state index in [9.17, 15) is 5.11 Å². The smallest absolute Gasteiger partial charge is 0.137 e. The number of aliphatic hydroxyl groups is 1. The Morgan fingerprint density at radius 1 is 1.21 bits per heavy atom. The summed E-state index contributed by atoms with van der Waals surface area (Å²) in [5.41, 5.74) is 2.29. The van der Waals surface area contributed by atoms with E-state index in [0.717, 1.165) is 17.7 Å². The van der Waals surface area contributed by atoms with E-state index in [-0.39, 0.29) is 0 Å². The Balaban J connectivity index is 1.92. The van der Waals surface area contributed by atoms with Gasteiger partial charge in [0.05, 0.1) is 0 Å². The summed E-state index contributed by atoms with van der Waals surface area (Å²) in [4.78, 5) is 0. The molecule has 2 aromatic rings. The molecule has 0 spiro atoms. The van der Waals surface area contributed by atoms with Gasteiger partial charge in [0.1, 0.15) is 17.6 Å². The quantitative estimate of drug-likeness (QED) is 0.889. The molecule has 3 rings (SSSR count). The maximum Gasteiger partial charge on any atom is 0.137 e.